The second kappa shape index (κ2) is 9.81. The highest BCUT2D eigenvalue weighted by atomic mass is 19.3. The van der Waals surface area contributed by atoms with E-state index in [1.165, 1.54) is 0 Å². The molecule has 1 unspecified atom stereocenters. The van der Waals surface area contributed by atoms with Gasteiger partial charge in [-0.05, 0) is 57.8 Å². The van der Waals surface area contributed by atoms with E-state index in [2.05, 4.69) is 29.1 Å². The predicted octanol–water partition coefficient (Wildman–Crippen LogP) is 5.60. The van der Waals surface area contributed by atoms with E-state index >= 15 is 0 Å². The van der Waals surface area contributed by atoms with E-state index < -0.39 is 5.92 Å². The molecule has 2 heterocycles. The van der Waals surface area contributed by atoms with Crippen LogP contribution in [0.3, 0.4) is 0 Å². The fourth-order valence-corrected chi connectivity index (χ4v) is 4.88. The summed E-state index contributed by atoms with van der Waals surface area (Å²) in [6, 6.07) is 0.257. The molecule has 0 spiro atoms. The zero-order valence-corrected chi connectivity index (χ0v) is 19.0. The lowest BCUT2D eigenvalue weighted by Crippen LogP contribution is -2.31. The zero-order chi connectivity index (χ0) is 22.7. The van der Waals surface area contributed by atoms with E-state index in [-0.39, 0.29) is 37.0 Å². The molecule has 1 atom stereocenters. The smallest absolute Gasteiger partial charge is 0.248 e. The van der Waals surface area contributed by atoms with Crippen molar-refractivity contribution in [2.45, 2.75) is 108 Å². The SMILES string of the molecule is CCCC(C)Nc1ncc2c(OC3CCC(F)(F)CC3)ncc([C@H]3CC[C@H](O)CC3)c2n1. The van der Waals surface area contributed by atoms with Gasteiger partial charge in [-0.1, -0.05) is 13.3 Å². The van der Waals surface area contributed by atoms with Crippen LogP contribution in [-0.2, 0) is 0 Å². The quantitative estimate of drug-likeness (QED) is 0.574. The average Bonchev–Trinajstić information content (AvgIpc) is 2.76. The Labute approximate surface area is 188 Å². The highest BCUT2D eigenvalue weighted by Crippen LogP contribution is 2.39. The minimum Gasteiger partial charge on any atom is -0.474 e. The molecule has 0 amide bonds. The van der Waals surface area contributed by atoms with Gasteiger partial charge in [0.15, 0.2) is 0 Å². The number of nitrogens with zero attached hydrogens (tertiary/aromatic N) is 3. The molecule has 32 heavy (non-hydrogen) atoms. The molecule has 2 saturated carbocycles. The molecule has 6 nitrogen and oxygen atoms in total. The first kappa shape index (κ1) is 23.1. The predicted molar refractivity (Wildman–Crippen MR) is 120 cm³/mol. The van der Waals surface area contributed by atoms with Crippen molar-refractivity contribution >= 4 is 16.9 Å². The van der Waals surface area contributed by atoms with Gasteiger partial charge in [-0.15, -0.1) is 0 Å². The topological polar surface area (TPSA) is 80.2 Å². The normalized spacial score (nSPS) is 24.9. The number of ether oxygens (including phenoxy) is 1. The number of rotatable bonds is 7. The average molecular weight is 449 g/mol. The fraction of sp³-hybridized carbons (Fsp3) is 0.708. The molecule has 0 aromatic carbocycles. The first-order chi connectivity index (χ1) is 15.3. The molecule has 176 valence electrons. The number of fused-ring (bicyclic) bond motifs is 1. The maximum Gasteiger partial charge on any atom is 0.248 e. The number of hydrogen-bond donors (Lipinski definition) is 2. The van der Waals surface area contributed by atoms with Crippen LogP contribution in [0.1, 0.15) is 89.5 Å². The Morgan fingerprint density at radius 1 is 1.12 bits per heavy atom. The lowest BCUT2D eigenvalue weighted by atomic mass is 9.83. The van der Waals surface area contributed by atoms with Crippen LogP contribution in [0.15, 0.2) is 12.4 Å². The largest absolute Gasteiger partial charge is 0.474 e. The third kappa shape index (κ3) is 5.45. The lowest BCUT2D eigenvalue weighted by molar-refractivity contribution is -0.0586. The molecule has 2 aliphatic carbocycles. The summed E-state index contributed by atoms with van der Waals surface area (Å²) in [7, 11) is 0. The summed E-state index contributed by atoms with van der Waals surface area (Å²) in [5, 5.41) is 14.0. The van der Waals surface area contributed by atoms with Gasteiger partial charge in [0.2, 0.25) is 17.8 Å². The Morgan fingerprint density at radius 2 is 1.84 bits per heavy atom. The summed E-state index contributed by atoms with van der Waals surface area (Å²) in [5.41, 5.74) is 1.85. The van der Waals surface area contributed by atoms with Crippen LogP contribution in [0.2, 0.25) is 0 Å². The van der Waals surface area contributed by atoms with Gasteiger partial charge < -0.3 is 15.2 Å². The van der Waals surface area contributed by atoms with E-state index in [4.69, 9.17) is 9.72 Å². The minimum absolute atomic E-state index is 0.155. The van der Waals surface area contributed by atoms with Crippen molar-refractivity contribution in [3.8, 4) is 5.88 Å². The summed E-state index contributed by atoms with van der Waals surface area (Å²) in [4.78, 5) is 13.9. The molecule has 2 fully saturated rings. The maximum absolute atomic E-state index is 13.5. The van der Waals surface area contributed by atoms with Crippen molar-refractivity contribution in [3.63, 3.8) is 0 Å². The second-order valence-corrected chi connectivity index (χ2v) is 9.49. The number of anilines is 1. The first-order valence-electron chi connectivity index (χ1n) is 12.0. The zero-order valence-electron chi connectivity index (χ0n) is 19.0. The van der Waals surface area contributed by atoms with Gasteiger partial charge in [-0.3, -0.25) is 0 Å². The van der Waals surface area contributed by atoms with Crippen LogP contribution >= 0.6 is 0 Å². The lowest BCUT2D eigenvalue weighted by Gasteiger charge is -2.29. The van der Waals surface area contributed by atoms with Gasteiger partial charge in [0.25, 0.3) is 0 Å². The van der Waals surface area contributed by atoms with Gasteiger partial charge in [0.1, 0.15) is 6.10 Å². The van der Waals surface area contributed by atoms with Crippen molar-refractivity contribution < 1.29 is 18.6 Å². The van der Waals surface area contributed by atoms with Gasteiger partial charge in [0.05, 0.1) is 17.0 Å². The summed E-state index contributed by atoms with van der Waals surface area (Å²) < 4.78 is 33.2. The monoisotopic (exact) mass is 448 g/mol. The van der Waals surface area contributed by atoms with Gasteiger partial charge in [-0.2, -0.15) is 0 Å². The van der Waals surface area contributed by atoms with Crippen molar-refractivity contribution in [2.24, 2.45) is 0 Å². The van der Waals surface area contributed by atoms with Crippen molar-refractivity contribution in [1.82, 2.24) is 15.0 Å². The minimum atomic E-state index is -2.59. The van der Waals surface area contributed by atoms with E-state index in [0.29, 0.717) is 24.7 Å². The van der Waals surface area contributed by atoms with E-state index in [1.807, 2.05) is 6.20 Å². The van der Waals surface area contributed by atoms with Crippen molar-refractivity contribution in [1.29, 1.82) is 0 Å². The number of aliphatic hydroxyl groups excluding tert-OH is 1. The first-order valence-corrected chi connectivity index (χ1v) is 12.0. The summed E-state index contributed by atoms with van der Waals surface area (Å²) in [5.74, 6) is -1.33. The molecule has 0 radical (unpaired) electrons. The van der Waals surface area contributed by atoms with Gasteiger partial charge in [0, 0.05) is 36.8 Å². The summed E-state index contributed by atoms with van der Waals surface area (Å²) in [6.45, 7) is 4.26. The van der Waals surface area contributed by atoms with Crippen LogP contribution in [0.4, 0.5) is 14.7 Å². The van der Waals surface area contributed by atoms with E-state index in [9.17, 15) is 13.9 Å². The molecule has 0 aliphatic heterocycles. The highest BCUT2D eigenvalue weighted by molar-refractivity contribution is 5.86. The molecule has 2 aromatic rings. The number of aromatic nitrogens is 3. The number of pyridine rings is 1. The van der Waals surface area contributed by atoms with Gasteiger partial charge in [-0.25, -0.2) is 23.7 Å². The van der Waals surface area contributed by atoms with Crippen LogP contribution in [-0.4, -0.2) is 44.2 Å². The second-order valence-electron chi connectivity index (χ2n) is 9.49. The van der Waals surface area contributed by atoms with E-state index in [0.717, 1.165) is 55.0 Å². The summed E-state index contributed by atoms with van der Waals surface area (Å²) in [6.07, 6.45) is 8.76. The molecule has 0 bridgehead atoms. The third-order valence-corrected chi connectivity index (χ3v) is 6.79. The number of hydrogen-bond acceptors (Lipinski definition) is 6. The van der Waals surface area contributed by atoms with Crippen molar-refractivity contribution in [3.05, 3.63) is 18.0 Å². The van der Waals surface area contributed by atoms with Crippen LogP contribution in [0.5, 0.6) is 5.88 Å². The Balaban J connectivity index is 1.64. The number of nitrogens with one attached hydrogen (secondary N) is 1. The molecule has 8 heteroatoms. The molecule has 4 rings (SSSR count). The molecule has 2 aromatic heterocycles. The number of aliphatic hydroxyl groups is 1. The van der Waals surface area contributed by atoms with Crippen LogP contribution in [0, 0.1) is 0 Å². The van der Waals surface area contributed by atoms with Crippen LogP contribution in [0.25, 0.3) is 10.9 Å². The molecule has 2 aliphatic rings. The Bertz CT molecular complexity index is 908. The fourth-order valence-electron chi connectivity index (χ4n) is 4.88. The Hall–Kier alpha value is -2.09. The summed E-state index contributed by atoms with van der Waals surface area (Å²) >= 11 is 0. The van der Waals surface area contributed by atoms with Crippen LogP contribution < -0.4 is 10.1 Å². The maximum atomic E-state index is 13.5. The Kier molecular flexibility index (Phi) is 7.08. The molecular weight excluding hydrogens is 414 g/mol. The van der Waals surface area contributed by atoms with Gasteiger partial charge >= 0.3 is 0 Å². The number of halogens is 2. The molecule has 0 saturated heterocycles. The standard InChI is InChI=1S/C24H34F2N4O2/c1-3-4-15(2)29-23-28-14-20-21(30-23)19(16-5-7-17(31)8-6-16)13-27-22(20)32-18-9-11-24(25,26)12-10-18/h13-18,31H,3-12H2,1-2H3,(H,28,29,30)/t15?,16-,17-. The molecule has 2 N–H and O–H groups in total. The third-order valence-electron chi connectivity index (χ3n) is 6.79. The Morgan fingerprint density at radius 3 is 2.53 bits per heavy atom. The molecular formula is C24H34F2N4O2. The van der Waals surface area contributed by atoms with Crippen molar-refractivity contribution in [2.75, 3.05) is 5.32 Å². The van der Waals surface area contributed by atoms with E-state index in [1.54, 1.807) is 6.20 Å². The number of alkyl halides is 2. The highest BCUT2D eigenvalue weighted by Gasteiger charge is 2.36.